The molecule has 180 valence electrons. The maximum absolute atomic E-state index is 6.12. The summed E-state index contributed by atoms with van der Waals surface area (Å²) in [6.07, 6.45) is 19.5. The zero-order chi connectivity index (χ0) is 23.0. The number of rotatable bonds is 9. The molecular weight excluding hydrogens is 400 g/mol. The average Bonchev–Trinajstić information content (AvgIpc) is 2.85. The van der Waals surface area contributed by atoms with Crippen LogP contribution in [0.5, 0.6) is 0 Å². The van der Waals surface area contributed by atoms with Crippen LogP contribution in [0.4, 0.5) is 11.4 Å². The van der Waals surface area contributed by atoms with Gasteiger partial charge in [-0.3, -0.25) is 0 Å². The molecule has 4 N–H and O–H groups in total. The lowest BCUT2D eigenvalue weighted by atomic mass is 9.68. The van der Waals surface area contributed by atoms with E-state index in [1.54, 1.807) is 5.56 Å². The van der Waals surface area contributed by atoms with Gasteiger partial charge in [-0.2, -0.15) is 0 Å². The van der Waals surface area contributed by atoms with Crippen LogP contribution in [-0.4, -0.2) is 0 Å². The summed E-state index contributed by atoms with van der Waals surface area (Å²) in [5, 5.41) is 0. The van der Waals surface area contributed by atoms with E-state index < -0.39 is 0 Å². The minimum atomic E-state index is 0.741. The molecule has 0 aromatic heterocycles. The molecule has 2 aromatic rings. The summed E-state index contributed by atoms with van der Waals surface area (Å²) in [4.78, 5) is 0. The highest BCUT2D eigenvalue weighted by Crippen LogP contribution is 2.44. The summed E-state index contributed by atoms with van der Waals surface area (Å²) in [7, 11) is 0. The smallest absolute Gasteiger partial charge is 0.0367 e. The number of hydrogen-bond acceptors (Lipinski definition) is 2. The number of nitrogen functional groups attached to an aromatic ring is 2. The van der Waals surface area contributed by atoms with Crippen LogP contribution in [0.3, 0.4) is 0 Å². The molecule has 2 aromatic carbocycles. The summed E-state index contributed by atoms with van der Waals surface area (Å²) >= 11 is 0. The van der Waals surface area contributed by atoms with Gasteiger partial charge < -0.3 is 11.5 Å². The standard InChI is InChI=1S/C31H46N2/c1-2-3-4-5-23-6-11-25(12-7-23)27-16-18-28(19-17-27)26-13-8-24(9-14-26)10-15-29-20-21-30(32)22-31(29)33/h8-9,13-14,20-23,25,27-28H,2-7,10-12,15-19,32-33H2,1H3. The quantitative estimate of drug-likeness (QED) is 0.300. The van der Waals surface area contributed by atoms with Crippen LogP contribution in [0.1, 0.15) is 107 Å². The second-order valence-electron chi connectivity index (χ2n) is 11.1. The molecule has 0 unspecified atom stereocenters. The molecule has 2 aliphatic rings. The summed E-state index contributed by atoms with van der Waals surface area (Å²) in [6.45, 7) is 2.32. The fourth-order valence-corrected chi connectivity index (χ4v) is 6.63. The van der Waals surface area contributed by atoms with Gasteiger partial charge in [0.2, 0.25) is 0 Å². The zero-order valence-corrected chi connectivity index (χ0v) is 20.9. The van der Waals surface area contributed by atoms with Crippen LogP contribution < -0.4 is 11.5 Å². The molecule has 2 nitrogen and oxygen atoms in total. The molecule has 0 atom stereocenters. The molecule has 0 spiro atoms. The fraction of sp³-hybridized carbons (Fsp3) is 0.613. The molecule has 0 amide bonds. The predicted octanol–water partition coefficient (Wildman–Crippen LogP) is 8.30. The van der Waals surface area contributed by atoms with Gasteiger partial charge in [0.25, 0.3) is 0 Å². The van der Waals surface area contributed by atoms with Crippen molar-refractivity contribution >= 4 is 11.4 Å². The van der Waals surface area contributed by atoms with E-state index in [1.807, 2.05) is 12.1 Å². The van der Waals surface area contributed by atoms with Crippen molar-refractivity contribution in [2.45, 2.75) is 103 Å². The van der Waals surface area contributed by atoms with Gasteiger partial charge in [0, 0.05) is 11.4 Å². The van der Waals surface area contributed by atoms with Crippen molar-refractivity contribution in [1.82, 2.24) is 0 Å². The van der Waals surface area contributed by atoms with E-state index in [9.17, 15) is 0 Å². The van der Waals surface area contributed by atoms with E-state index in [1.165, 1.54) is 88.2 Å². The van der Waals surface area contributed by atoms with Crippen LogP contribution in [0, 0.1) is 17.8 Å². The normalized spacial score (nSPS) is 25.7. The Balaban J connectivity index is 1.20. The number of anilines is 2. The zero-order valence-electron chi connectivity index (χ0n) is 20.9. The average molecular weight is 447 g/mol. The van der Waals surface area contributed by atoms with E-state index in [4.69, 9.17) is 11.5 Å². The third kappa shape index (κ3) is 6.78. The van der Waals surface area contributed by atoms with E-state index in [0.29, 0.717) is 0 Å². The molecule has 4 rings (SSSR count). The van der Waals surface area contributed by atoms with Gasteiger partial charge in [-0.05, 0) is 104 Å². The lowest BCUT2D eigenvalue weighted by molar-refractivity contribution is 0.155. The Hall–Kier alpha value is -1.96. The maximum atomic E-state index is 6.12. The van der Waals surface area contributed by atoms with Gasteiger partial charge in [0.05, 0.1) is 0 Å². The molecule has 0 radical (unpaired) electrons. The van der Waals surface area contributed by atoms with E-state index in [-0.39, 0.29) is 0 Å². The Bertz CT molecular complexity index is 840. The first-order valence-electron chi connectivity index (χ1n) is 13.8. The number of benzene rings is 2. The summed E-state index contributed by atoms with van der Waals surface area (Å²) < 4.78 is 0. The second kappa shape index (κ2) is 12.0. The predicted molar refractivity (Wildman–Crippen MR) is 143 cm³/mol. The van der Waals surface area contributed by atoms with Crippen LogP contribution >= 0.6 is 0 Å². The molecule has 2 heteroatoms. The van der Waals surface area contributed by atoms with Crippen molar-refractivity contribution in [3.63, 3.8) is 0 Å². The number of aryl methyl sites for hydroxylation is 2. The summed E-state index contributed by atoms with van der Waals surface area (Å²) in [5.41, 5.74) is 17.7. The van der Waals surface area contributed by atoms with E-state index >= 15 is 0 Å². The fourth-order valence-electron chi connectivity index (χ4n) is 6.63. The van der Waals surface area contributed by atoms with Crippen LogP contribution in [-0.2, 0) is 12.8 Å². The SMILES string of the molecule is CCCCCC1CCC(C2CCC(c3ccc(CCc4ccc(N)cc4N)cc3)CC2)CC1. The number of nitrogens with two attached hydrogens (primary N) is 2. The van der Waals surface area contributed by atoms with Gasteiger partial charge in [-0.15, -0.1) is 0 Å². The van der Waals surface area contributed by atoms with E-state index in [2.05, 4.69) is 37.3 Å². The molecule has 2 saturated carbocycles. The highest BCUT2D eigenvalue weighted by atomic mass is 14.6. The maximum Gasteiger partial charge on any atom is 0.0367 e. The molecule has 33 heavy (non-hydrogen) atoms. The van der Waals surface area contributed by atoms with E-state index in [0.717, 1.165) is 47.9 Å². The Morgan fingerprint density at radius 2 is 1.39 bits per heavy atom. The Kier molecular flexibility index (Phi) is 8.75. The first kappa shape index (κ1) is 24.2. The van der Waals surface area contributed by atoms with Crippen molar-refractivity contribution in [3.8, 4) is 0 Å². The van der Waals surface area contributed by atoms with Gasteiger partial charge in [0.1, 0.15) is 0 Å². The van der Waals surface area contributed by atoms with Gasteiger partial charge in [-0.1, -0.05) is 75.8 Å². The molecular formula is C31H46N2. The molecule has 0 bridgehead atoms. The molecule has 0 saturated heterocycles. The van der Waals surface area contributed by atoms with Crippen LogP contribution in [0.15, 0.2) is 42.5 Å². The third-order valence-corrected chi connectivity index (χ3v) is 8.85. The minimum Gasteiger partial charge on any atom is -0.399 e. The Morgan fingerprint density at radius 1 is 0.727 bits per heavy atom. The summed E-state index contributed by atoms with van der Waals surface area (Å²) in [5.74, 6) is 3.84. The molecule has 0 heterocycles. The molecule has 2 aliphatic carbocycles. The number of unbranched alkanes of at least 4 members (excludes halogenated alkanes) is 2. The Morgan fingerprint density at radius 3 is 2.03 bits per heavy atom. The Labute approximate surface area is 202 Å². The van der Waals surface area contributed by atoms with Crippen molar-refractivity contribution in [2.75, 3.05) is 11.5 Å². The third-order valence-electron chi connectivity index (χ3n) is 8.85. The van der Waals surface area contributed by atoms with Gasteiger partial charge in [0.15, 0.2) is 0 Å². The second-order valence-corrected chi connectivity index (χ2v) is 11.1. The first-order chi connectivity index (χ1) is 16.1. The van der Waals surface area contributed by atoms with Crippen molar-refractivity contribution < 1.29 is 0 Å². The van der Waals surface area contributed by atoms with Crippen molar-refractivity contribution in [1.29, 1.82) is 0 Å². The van der Waals surface area contributed by atoms with Gasteiger partial charge >= 0.3 is 0 Å². The molecule has 2 fully saturated rings. The van der Waals surface area contributed by atoms with Crippen LogP contribution in [0.25, 0.3) is 0 Å². The highest BCUT2D eigenvalue weighted by molar-refractivity contribution is 5.56. The topological polar surface area (TPSA) is 52.0 Å². The summed E-state index contributed by atoms with van der Waals surface area (Å²) in [6, 6.07) is 15.4. The lowest BCUT2D eigenvalue weighted by Crippen LogP contribution is -2.25. The van der Waals surface area contributed by atoms with Crippen LogP contribution in [0.2, 0.25) is 0 Å². The number of hydrogen-bond donors (Lipinski definition) is 2. The highest BCUT2D eigenvalue weighted by Gasteiger charge is 2.31. The van der Waals surface area contributed by atoms with Gasteiger partial charge in [-0.25, -0.2) is 0 Å². The molecule has 0 aliphatic heterocycles. The first-order valence-corrected chi connectivity index (χ1v) is 13.8. The van der Waals surface area contributed by atoms with Crippen molar-refractivity contribution in [3.05, 3.63) is 59.2 Å². The monoisotopic (exact) mass is 446 g/mol. The largest absolute Gasteiger partial charge is 0.399 e. The lowest BCUT2D eigenvalue weighted by Gasteiger charge is -2.38. The minimum absolute atomic E-state index is 0.741. The van der Waals surface area contributed by atoms with Crippen molar-refractivity contribution in [2.24, 2.45) is 17.8 Å².